The molecule has 0 atom stereocenters. The smallest absolute Gasteiger partial charge is 0.203 e. The highest BCUT2D eigenvalue weighted by Gasteiger charge is 2.04. The molecule has 1 aromatic carbocycles. The van der Waals surface area contributed by atoms with E-state index in [2.05, 4.69) is 10.2 Å². The summed E-state index contributed by atoms with van der Waals surface area (Å²) in [5, 5.41) is 9.10. The summed E-state index contributed by atoms with van der Waals surface area (Å²) in [5.74, 6) is 0.860. The predicted octanol–water partition coefficient (Wildman–Crippen LogP) is 2.59. The van der Waals surface area contributed by atoms with E-state index in [-0.39, 0.29) is 0 Å². The van der Waals surface area contributed by atoms with E-state index in [9.17, 15) is 0 Å². The monoisotopic (exact) mass is 279 g/mol. The van der Waals surface area contributed by atoms with Crippen molar-refractivity contribution in [3.8, 4) is 16.3 Å². The first kappa shape index (κ1) is 13.8. The number of hydrogen-bond acceptors (Lipinski definition) is 6. The van der Waals surface area contributed by atoms with Crippen molar-refractivity contribution >= 4 is 16.5 Å². The molecule has 0 radical (unpaired) electrons. The van der Waals surface area contributed by atoms with Crippen molar-refractivity contribution in [2.24, 2.45) is 0 Å². The fourth-order valence-electron chi connectivity index (χ4n) is 1.58. The Kier molecular flexibility index (Phi) is 5.11. The van der Waals surface area contributed by atoms with Gasteiger partial charge in [0, 0.05) is 19.3 Å². The highest BCUT2D eigenvalue weighted by molar-refractivity contribution is 7.18. The first-order valence-electron chi connectivity index (χ1n) is 6.11. The normalized spacial score (nSPS) is 10.6. The largest absolute Gasteiger partial charge is 0.494 e. The van der Waals surface area contributed by atoms with Crippen LogP contribution in [0.2, 0.25) is 0 Å². The van der Waals surface area contributed by atoms with E-state index in [0.29, 0.717) is 11.7 Å². The molecule has 0 aliphatic rings. The summed E-state index contributed by atoms with van der Waals surface area (Å²) in [6.07, 6.45) is 2.00. The number of ether oxygens (including phenoxy) is 2. The Balaban J connectivity index is 1.85. The minimum Gasteiger partial charge on any atom is -0.494 e. The van der Waals surface area contributed by atoms with E-state index >= 15 is 0 Å². The van der Waals surface area contributed by atoms with Crippen LogP contribution < -0.4 is 10.5 Å². The Hall–Kier alpha value is -1.66. The molecule has 0 spiro atoms. The Morgan fingerprint density at radius 2 is 1.84 bits per heavy atom. The molecule has 0 bridgehead atoms. The van der Waals surface area contributed by atoms with Crippen LogP contribution in [0.3, 0.4) is 0 Å². The van der Waals surface area contributed by atoms with Crippen LogP contribution in [0.4, 0.5) is 5.13 Å². The summed E-state index contributed by atoms with van der Waals surface area (Å²) in [4.78, 5) is 0. The molecule has 0 aliphatic carbocycles. The molecule has 19 heavy (non-hydrogen) atoms. The second kappa shape index (κ2) is 7.06. The number of unbranched alkanes of at least 4 members (excludes halogenated alkanes) is 1. The van der Waals surface area contributed by atoms with Gasteiger partial charge in [-0.3, -0.25) is 0 Å². The minimum atomic E-state index is 0.480. The third kappa shape index (κ3) is 4.18. The van der Waals surface area contributed by atoms with E-state index in [4.69, 9.17) is 15.2 Å². The van der Waals surface area contributed by atoms with Crippen LogP contribution in [-0.2, 0) is 4.74 Å². The molecule has 2 aromatic rings. The van der Waals surface area contributed by atoms with E-state index in [1.54, 1.807) is 7.11 Å². The van der Waals surface area contributed by atoms with Crippen LogP contribution >= 0.6 is 11.3 Å². The zero-order valence-corrected chi connectivity index (χ0v) is 11.7. The molecular formula is C13H17N3O2S. The first-order chi connectivity index (χ1) is 9.29. The second-order valence-electron chi connectivity index (χ2n) is 4.02. The molecule has 102 valence electrons. The zero-order chi connectivity index (χ0) is 13.5. The summed E-state index contributed by atoms with van der Waals surface area (Å²) in [6.45, 7) is 1.48. The molecule has 2 rings (SSSR count). The standard InChI is InChI=1S/C13H17N3O2S/c1-17-8-2-3-9-18-11-6-4-10(5-7-11)12-15-16-13(14)19-12/h4-7H,2-3,8-9H2,1H3,(H2,14,16). The fourth-order valence-corrected chi connectivity index (χ4v) is 2.20. The van der Waals surface area contributed by atoms with Gasteiger partial charge < -0.3 is 15.2 Å². The summed E-state index contributed by atoms with van der Waals surface area (Å²) < 4.78 is 10.6. The lowest BCUT2D eigenvalue weighted by atomic mass is 10.2. The van der Waals surface area contributed by atoms with Crippen molar-refractivity contribution in [2.75, 3.05) is 26.1 Å². The van der Waals surface area contributed by atoms with Gasteiger partial charge in [0.05, 0.1) is 6.61 Å². The van der Waals surface area contributed by atoms with E-state index in [1.807, 2.05) is 24.3 Å². The van der Waals surface area contributed by atoms with Crippen molar-refractivity contribution in [3.63, 3.8) is 0 Å². The van der Waals surface area contributed by atoms with Crippen molar-refractivity contribution in [3.05, 3.63) is 24.3 Å². The van der Waals surface area contributed by atoms with Gasteiger partial charge in [-0.25, -0.2) is 0 Å². The number of rotatable bonds is 7. The summed E-state index contributed by atoms with van der Waals surface area (Å²) in [7, 11) is 1.71. The van der Waals surface area contributed by atoms with E-state index < -0.39 is 0 Å². The number of anilines is 1. The highest BCUT2D eigenvalue weighted by Crippen LogP contribution is 2.26. The van der Waals surface area contributed by atoms with Gasteiger partial charge in [0.2, 0.25) is 5.13 Å². The number of methoxy groups -OCH3 is 1. The maximum absolute atomic E-state index is 5.64. The number of nitrogen functional groups attached to an aromatic ring is 1. The van der Waals surface area contributed by atoms with Gasteiger partial charge in [0.15, 0.2) is 0 Å². The molecule has 0 aliphatic heterocycles. The molecule has 0 unspecified atom stereocenters. The first-order valence-corrected chi connectivity index (χ1v) is 6.92. The third-order valence-electron chi connectivity index (χ3n) is 2.55. The topological polar surface area (TPSA) is 70.3 Å². The zero-order valence-electron chi connectivity index (χ0n) is 10.8. The molecule has 5 nitrogen and oxygen atoms in total. The lowest BCUT2D eigenvalue weighted by Gasteiger charge is -2.06. The predicted molar refractivity (Wildman–Crippen MR) is 76.4 cm³/mol. The Morgan fingerprint density at radius 3 is 2.47 bits per heavy atom. The third-order valence-corrected chi connectivity index (χ3v) is 3.35. The van der Waals surface area contributed by atoms with E-state index in [0.717, 1.165) is 35.8 Å². The molecule has 0 saturated heterocycles. The molecule has 6 heteroatoms. The summed E-state index contributed by atoms with van der Waals surface area (Å²) in [6, 6.07) is 7.79. The maximum Gasteiger partial charge on any atom is 0.203 e. The van der Waals surface area contributed by atoms with Gasteiger partial charge >= 0.3 is 0 Å². The number of benzene rings is 1. The molecule has 0 amide bonds. The second-order valence-corrected chi connectivity index (χ2v) is 5.03. The van der Waals surface area contributed by atoms with Crippen molar-refractivity contribution < 1.29 is 9.47 Å². The van der Waals surface area contributed by atoms with Gasteiger partial charge in [0.1, 0.15) is 10.8 Å². The van der Waals surface area contributed by atoms with Crippen LogP contribution in [0.15, 0.2) is 24.3 Å². The van der Waals surface area contributed by atoms with Gasteiger partial charge in [-0.05, 0) is 37.1 Å². The van der Waals surface area contributed by atoms with Gasteiger partial charge in [-0.1, -0.05) is 11.3 Å². The maximum atomic E-state index is 5.64. The van der Waals surface area contributed by atoms with Crippen LogP contribution in [0.1, 0.15) is 12.8 Å². The Labute approximate surface area is 116 Å². The Morgan fingerprint density at radius 1 is 1.11 bits per heavy atom. The number of hydrogen-bond donors (Lipinski definition) is 1. The fraction of sp³-hybridized carbons (Fsp3) is 0.385. The molecule has 0 saturated carbocycles. The lowest BCUT2D eigenvalue weighted by Crippen LogP contribution is -1.99. The average Bonchev–Trinajstić information content (AvgIpc) is 2.86. The lowest BCUT2D eigenvalue weighted by molar-refractivity contribution is 0.184. The van der Waals surface area contributed by atoms with Crippen molar-refractivity contribution in [1.82, 2.24) is 10.2 Å². The molecule has 0 fully saturated rings. The van der Waals surface area contributed by atoms with Crippen LogP contribution in [0, 0.1) is 0 Å². The van der Waals surface area contributed by atoms with Gasteiger partial charge in [-0.2, -0.15) is 0 Å². The molecular weight excluding hydrogens is 262 g/mol. The van der Waals surface area contributed by atoms with Gasteiger partial charge in [-0.15, -0.1) is 10.2 Å². The van der Waals surface area contributed by atoms with Crippen molar-refractivity contribution in [2.45, 2.75) is 12.8 Å². The van der Waals surface area contributed by atoms with Crippen molar-refractivity contribution in [1.29, 1.82) is 0 Å². The van der Waals surface area contributed by atoms with Crippen LogP contribution in [-0.4, -0.2) is 30.5 Å². The molecule has 1 heterocycles. The van der Waals surface area contributed by atoms with Gasteiger partial charge in [0.25, 0.3) is 0 Å². The molecule has 1 aromatic heterocycles. The van der Waals surface area contributed by atoms with E-state index in [1.165, 1.54) is 11.3 Å². The highest BCUT2D eigenvalue weighted by atomic mass is 32.1. The number of aromatic nitrogens is 2. The Bertz CT molecular complexity index is 499. The summed E-state index contributed by atoms with van der Waals surface area (Å²) in [5.41, 5.74) is 6.56. The number of nitrogens with two attached hydrogens (primary N) is 1. The minimum absolute atomic E-state index is 0.480. The SMILES string of the molecule is COCCCCOc1ccc(-c2nnc(N)s2)cc1. The molecule has 2 N–H and O–H groups in total. The van der Waals surface area contributed by atoms with Crippen LogP contribution in [0.5, 0.6) is 5.75 Å². The quantitative estimate of drug-likeness (QED) is 0.789. The number of nitrogens with zero attached hydrogens (tertiary/aromatic N) is 2. The average molecular weight is 279 g/mol. The van der Waals surface area contributed by atoms with Crippen LogP contribution in [0.25, 0.3) is 10.6 Å². The summed E-state index contributed by atoms with van der Waals surface area (Å²) >= 11 is 1.37.